The number of nitrogens with one attached hydrogen (secondary N) is 1. The fourth-order valence-corrected chi connectivity index (χ4v) is 3.00. The summed E-state index contributed by atoms with van der Waals surface area (Å²) in [5, 5.41) is 2.50. The van der Waals surface area contributed by atoms with Crippen molar-refractivity contribution in [1.82, 2.24) is 5.32 Å². The van der Waals surface area contributed by atoms with Crippen LogP contribution in [0.25, 0.3) is 0 Å². The van der Waals surface area contributed by atoms with Gasteiger partial charge in [0.05, 0.1) is 4.88 Å². The summed E-state index contributed by atoms with van der Waals surface area (Å²) in [5.74, 6) is -1.24. The van der Waals surface area contributed by atoms with Crippen LogP contribution in [0.3, 0.4) is 0 Å². The number of hydrogen-bond donors (Lipinski definition) is 1. The summed E-state index contributed by atoms with van der Waals surface area (Å²) in [4.78, 5) is 37.7. The number of carbonyl (C=O) groups excluding carboxylic acids is 3. The monoisotopic (exact) mass is 359 g/mol. The van der Waals surface area contributed by atoms with Gasteiger partial charge in [0.15, 0.2) is 6.10 Å². The third-order valence-corrected chi connectivity index (χ3v) is 4.83. The smallest absolute Gasteiger partial charge is 0.326 e. The number of hydrogen-bond acceptors (Lipinski definition) is 5. The number of rotatable bonds is 6. The van der Waals surface area contributed by atoms with Crippen molar-refractivity contribution in [2.24, 2.45) is 0 Å². The average Bonchev–Trinajstić information content (AvgIpc) is 3.01. The molecule has 0 aliphatic rings. The van der Waals surface area contributed by atoms with E-state index in [1.165, 1.54) is 18.3 Å². The minimum absolute atomic E-state index is 0.267. The molecule has 0 aliphatic carbocycles. The highest BCUT2D eigenvalue weighted by molar-refractivity contribution is 7.13. The molecule has 6 heteroatoms. The van der Waals surface area contributed by atoms with Crippen molar-refractivity contribution in [2.45, 2.75) is 33.8 Å². The second kappa shape index (κ2) is 8.07. The third-order valence-electron chi connectivity index (χ3n) is 3.83. The van der Waals surface area contributed by atoms with E-state index in [9.17, 15) is 14.4 Å². The zero-order valence-corrected chi connectivity index (χ0v) is 15.5. The zero-order chi connectivity index (χ0) is 18.6. The van der Waals surface area contributed by atoms with Crippen molar-refractivity contribution in [2.75, 3.05) is 6.54 Å². The van der Waals surface area contributed by atoms with Crippen LogP contribution < -0.4 is 5.32 Å². The molecule has 2 aromatic rings. The van der Waals surface area contributed by atoms with Crippen LogP contribution >= 0.6 is 11.3 Å². The van der Waals surface area contributed by atoms with E-state index in [4.69, 9.17) is 4.74 Å². The van der Waals surface area contributed by atoms with Crippen LogP contribution in [0, 0.1) is 20.8 Å². The standard InChI is InChI=1S/C19H21NO4S/c1-11-5-7-15(9-12(11)2)18(22)14(4)24-17(21)10-20-19(23)16-8-6-13(3)25-16/h5-9,14H,10H2,1-4H3,(H,20,23). The van der Waals surface area contributed by atoms with Crippen molar-refractivity contribution in [3.8, 4) is 0 Å². The molecule has 0 radical (unpaired) electrons. The Hall–Kier alpha value is -2.47. The van der Waals surface area contributed by atoms with Crippen molar-refractivity contribution in [3.63, 3.8) is 0 Å². The highest BCUT2D eigenvalue weighted by atomic mass is 32.1. The minimum atomic E-state index is -0.907. The largest absolute Gasteiger partial charge is 0.453 e. The molecule has 1 N–H and O–H groups in total. The predicted octanol–water partition coefficient (Wildman–Crippen LogP) is 3.22. The summed E-state index contributed by atoms with van der Waals surface area (Å²) in [6.45, 7) is 7.03. The molecule has 0 bridgehead atoms. The van der Waals surface area contributed by atoms with E-state index in [1.807, 2.05) is 32.9 Å². The van der Waals surface area contributed by atoms with Gasteiger partial charge in [0.1, 0.15) is 6.54 Å². The predicted molar refractivity (Wildman–Crippen MR) is 97.2 cm³/mol. The summed E-state index contributed by atoms with van der Waals surface area (Å²) < 4.78 is 5.13. The molecule has 25 heavy (non-hydrogen) atoms. The Morgan fingerprint density at radius 1 is 1.08 bits per heavy atom. The lowest BCUT2D eigenvalue weighted by Crippen LogP contribution is -2.33. The van der Waals surface area contributed by atoms with Gasteiger partial charge in [0.2, 0.25) is 5.78 Å². The number of thiophene rings is 1. The van der Waals surface area contributed by atoms with E-state index in [1.54, 1.807) is 18.2 Å². The Kier molecular flexibility index (Phi) is 6.09. The van der Waals surface area contributed by atoms with Crippen molar-refractivity contribution in [1.29, 1.82) is 0 Å². The number of aryl methyl sites for hydroxylation is 3. The van der Waals surface area contributed by atoms with Crippen LogP contribution in [0.5, 0.6) is 0 Å². The fraction of sp³-hybridized carbons (Fsp3) is 0.316. The average molecular weight is 359 g/mol. The Morgan fingerprint density at radius 2 is 1.80 bits per heavy atom. The number of Topliss-reactive ketones (excluding diaryl/α,β-unsaturated/α-hetero) is 1. The van der Waals surface area contributed by atoms with Gasteiger partial charge in [-0.25, -0.2) is 0 Å². The molecular weight excluding hydrogens is 338 g/mol. The number of esters is 1. The SMILES string of the molecule is Cc1ccc(C(=O)NCC(=O)OC(C)C(=O)c2ccc(C)c(C)c2)s1. The molecule has 2 rings (SSSR count). The van der Waals surface area contributed by atoms with Gasteiger partial charge in [-0.3, -0.25) is 14.4 Å². The topological polar surface area (TPSA) is 72.5 Å². The number of amides is 1. The summed E-state index contributed by atoms with van der Waals surface area (Å²) in [5.41, 5.74) is 2.59. The molecule has 1 amide bonds. The molecule has 132 valence electrons. The van der Waals surface area contributed by atoms with E-state index < -0.39 is 12.1 Å². The molecule has 1 heterocycles. The maximum absolute atomic E-state index is 12.3. The Morgan fingerprint density at radius 3 is 2.40 bits per heavy atom. The van der Waals surface area contributed by atoms with E-state index >= 15 is 0 Å². The molecule has 1 atom stereocenters. The lowest BCUT2D eigenvalue weighted by atomic mass is 10.0. The van der Waals surface area contributed by atoms with E-state index in [2.05, 4.69) is 5.32 Å². The lowest BCUT2D eigenvalue weighted by molar-refractivity contribution is -0.145. The van der Waals surface area contributed by atoms with Crippen LogP contribution in [-0.2, 0) is 9.53 Å². The van der Waals surface area contributed by atoms with E-state index in [0.29, 0.717) is 10.4 Å². The number of ketones is 1. The Balaban J connectivity index is 1.87. The summed E-state index contributed by atoms with van der Waals surface area (Å²) in [6.07, 6.45) is -0.907. The summed E-state index contributed by atoms with van der Waals surface area (Å²) >= 11 is 1.35. The molecule has 1 aromatic carbocycles. The maximum Gasteiger partial charge on any atom is 0.326 e. The molecule has 0 saturated carbocycles. The summed E-state index contributed by atoms with van der Waals surface area (Å²) in [6, 6.07) is 8.90. The quantitative estimate of drug-likeness (QED) is 0.635. The molecule has 0 spiro atoms. The normalized spacial score (nSPS) is 11.7. The molecule has 5 nitrogen and oxygen atoms in total. The number of ether oxygens (including phenoxy) is 1. The van der Waals surface area contributed by atoms with Gasteiger partial charge >= 0.3 is 5.97 Å². The van der Waals surface area contributed by atoms with Crippen LogP contribution in [0.2, 0.25) is 0 Å². The third kappa shape index (κ3) is 5.00. The van der Waals surface area contributed by atoms with Crippen LogP contribution in [0.15, 0.2) is 30.3 Å². The molecule has 1 aromatic heterocycles. The first-order valence-corrected chi connectivity index (χ1v) is 8.75. The molecule has 0 aliphatic heterocycles. The van der Waals surface area contributed by atoms with Crippen LogP contribution in [0.1, 0.15) is 43.0 Å². The first-order chi connectivity index (χ1) is 11.8. The van der Waals surface area contributed by atoms with Crippen LogP contribution in [0.4, 0.5) is 0 Å². The lowest BCUT2D eigenvalue weighted by Gasteiger charge is -2.13. The fourth-order valence-electron chi connectivity index (χ4n) is 2.22. The first kappa shape index (κ1) is 18.9. The van der Waals surface area contributed by atoms with Crippen molar-refractivity contribution in [3.05, 3.63) is 56.8 Å². The first-order valence-electron chi connectivity index (χ1n) is 7.93. The maximum atomic E-state index is 12.3. The van der Waals surface area contributed by atoms with Gasteiger partial charge < -0.3 is 10.1 Å². The zero-order valence-electron chi connectivity index (χ0n) is 14.7. The van der Waals surface area contributed by atoms with Gasteiger partial charge in [-0.05, 0) is 57.0 Å². The second-order valence-corrected chi connectivity index (χ2v) is 7.18. The van der Waals surface area contributed by atoms with Gasteiger partial charge in [-0.1, -0.05) is 12.1 Å². The Bertz CT molecular complexity index is 810. The van der Waals surface area contributed by atoms with Gasteiger partial charge in [-0.15, -0.1) is 11.3 Å². The molecule has 0 saturated heterocycles. The summed E-state index contributed by atoms with van der Waals surface area (Å²) in [7, 11) is 0. The van der Waals surface area contributed by atoms with Crippen molar-refractivity contribution >= 4 is 29.0 Å². The molecule has 1 unspecified atom stereocenters. The van der Waals surface area contributed by atoms with E-state index in [-0.39, 0.29) is 18.2 Å². The minimum Gasteiger partial charge on any atom is -0.453 e. The van der Waals surface area contributed by atoms with E-state index in [0.717, 1.165) is 16.0 Å². The highest BCUT2D eigenvalue weighted by Crippen LogP contribution is 2.15. The Labute approximate surface area is 151 Å². The molecular formula is C19H21NO4S. The van der Waals surface area contributed by atoms with Crippen molar-refractivity contribution < 1.29 is 19.1 Å². The van der Waals surface area contributed by atoms with Gasteiger partial charge in [-0.2, -0.15) is 0 Å². The molecule has 0 fully saturated rings. The number of benzene rings is 1. The van der Waals surface area contributed by atoms with Crippen LogP contribution in [-0.4, -0.2) is 30.3 Å². The highest BCUT2D eigenvalue weighted by Gasteiger charge is 2.20. The number of carbonyl (C=O) groups is 3. The van der Waals surface area contributed by atoms with Gasteiger partial charge in [0, 0.05) is 10.4 Å². The van der Waals surface area contributed by atoms with Gasteiger partial charge in [0.25, 0.3) is 5.91 Å². The second-order valence-electron chi connectivity index (χ2n) is 5.89.